The van der Waals surface area contributed by atoms with Crippen LogP contribution in [-0.2, 0) is 69.5 Å². The summed E-state index contributed by atoms with van der Waals surface area (Å²) in [6.45, 7) is 15.8. The summed E-state index contributed by atoms with van der Waals surface area (Å²) >= 11 is 0. The molecule has 4 fully saturated rings. The van der Waals surface area contributed by atoms with Crippen molar-refractivity contribution in [1.29, 1.82) is 0 Å². The molecular formula is C84H94N14O3. The quantitative estimate of drug-likeness (QED) is 0.106. The minimum Gasteiger partial charge on any atom is -0.386 e. The number of hydrogen-bond acceptors (Lipinski definition) is 13. The molecule has 0 aliphatic carbocycles. The second kappa shape index (κ2) is 27.9. The maximum atomic E-state index is 11.2. The van der Waals surface area contributed by atoms with Gasteiger partial charge in [0.25, 0.3) is 0 Å². The summed E-state index contributed by atoms with van der Waals surface area (Å²) in [5.41, 5.74) is 18.4. The van der Waals surface area contributed by atoms with Crippen molar-refractivity contribution in [3.8, 4) is 0 Å². The van der Waals surface area contributed by atoms with Crippen LogP contribution in [0.5, 0.6) is 0 Å². The summed E-state index contributed by atoms with van der Waals surface area (Å²) in [6.07, 6.45) is 32.8. The van der Waals surface area contributed by atoms with Crippen molar-refractivity contribution >= 4 is 43.7 Å². The van der Waals surface area contributed by atoms with Crippen LogP contribution in [0.4, 0.5) is 0 Å². The van der Waals surface area contributed by atoms with Gasteiger partial charge in [0.1, 0.15) is 16.8 Å². The fraction of sp³-hybridized carbons (Fsp3) is 0.405. The highest BCUT2D eigenvalue weighted by atomic mass is 16.3. The Morgan fingerprint density at radius 1 is 0.416 bits per heavy atom. The Morgan fingerprint density at radius 2 is 0.861 bits per heavy atom. The number of pyridine rings is 4. The molecule has 0 radical (unpaired) electrons. The molecule has 20 rings (SSSR count). The second-order valence-electron chi connectivity index (χ2n) is 29.9. The molecule has 0 saturated carbocycles. The van der Waals surface area contributed by atoms with Gasteiger partial charge in [0, 0.05) is 210 Å². The molecule has 8 aliphatic heterocycles. The number of aliphatic hydroxyl groups is 3. The lowest BCUT2D eigenvalue weighted by Gasteiger charge is -2.32. The van der Waals surface area contributed by atoms with Gasteiger partial charge in [-0.3, -0.25) is 44.5 Å². The van der Waals surface area contributed by atoms with E-state index in [4.69, 9.17) is 4.98 Å². The van der Waals surface area contributed by atoms with Gasteiger partial charge in [-0.1, -0.05) is 72.8 Å². The Morgan fingerprint density at radius 3 is 1.36 bits per heavy atom. The number of hydrogen-bond donors (Lipinski definition) is 3. The molecule has 101 heavy (non-hydrogen) atoms. The largest absolute Gasteiger partial charge is 0.386 e. The van der Waals surface area contributed by atoms with E-state index in [0.717, 1.165) is 69.4 Å². The molecule has 518 valence electrons. The van der Waals surface area contributed by atoms with Gasteiger partial charge in [-0.2, -0.15) is 0 Å². The third-order valence-electron chi connectivity index (χ3n) is 23.8. The third-order valence-corrected chi connectivity index (χ3v) is 23.8. The molecule has 7 atom stereocenters. The van der Waals surface area contributed by atoms with E-state index >= 15 is 0 Å². The van der Waals surface area contributed by atoms with Crippen LogP contribution >= 0.6 is 0 Å². The highest BCUT2D eigenvalue weighted by molar-refractivity contribution is 5.89. The van der Waals surface area contributed by atoms with E-state index in [2.05, 4.69) is 154 Å². The fourth-order valence-corrected chi connectivity index (χ4v) is 19.1. The van der Waals surface area contributed by atoms with Gasteiger partial charge in [-0.15, -0.1) is 0 Å². The van der Waals surface area contributed by atoms with E-state index in [-0.39, 0.29) is 0 Å². The Bertz CT molecular complexity index is 4730. The van der Waals surface area contributed by atoms with E-state index in [0.29, 0.717) is 49.5 Å². The number of rotatable bonds is 12. The van der Waals surface area contributed by atoms with Crippen LogP contribution in [0.15, 0.2) is 183 Å². The summed E-state index contributed by atoms with van der Waals surface area (Å²) in [6, 6.07) is 44.5. The van der Waals surface area contributed by atoms with Gasteiger partial charge in [-0.05, 0) is 174 Å². The average molecular weight is 1350 g/mol. The zero-order chi connectivity index (χ0) is 68.2. The topological polar surface area (TPSA) is 171 Å². The van der Waals surface area contributed by atoms with Crippen molar-refractivity contribution in [1.82, 2.24) is 67.8 Å². The predicted octanol–water partition coefficient (Wildman–Crippen LogP) is 13.5. The number of aliphatic hydroxyl groups excluding tert-OH is 1. The minimum atomic E-state index is -1.06. The summed E-state index contributed by atoms with van der Waals surface area (Å²) in [5.74, 6) is 0. The molecule has 3 N–H and O–H groups in total. The lowest BCUT2D eigenvalue weighted by Crippen LogP contribution is -2.34. The predicted molar refractivity (Wildman–Crippen MR) is 397 cm³/mol. The Kier molecular flexibility index (Phi) is 18.1. The molecular weight excluding hydrogens is 1250 g/mol. The van der Waals surface area contributed by atoms with Crippen LogP contribution in [0.1, 0.15) is 163 Å². The number of benzene rings is 3. The second-order valence-corrected chi connectivity index (χ2v) is 29.9. The van der Waals surface area contributed by atoms with Crippen LogP contribution in [0.25, 0.3) is 43.7 Å². The van der Waals surface area contributed by atoms with Gasteiger partial charge < -0.3 is 33.6 Å². The third kappa shape index (κ3) is 12.4. The molecule has 17 nitrogen and oxygen atoms in total. The first kappa shape index (κ1) is 65.5. The van der Waals surface area contributed by atoms with E-state index < -0.39 is 17.3 Å². The molecule has 12 aromatic rings. The molecule has 0 spiro atoms. The van der Waals surface area contributed by atoms with E-state index in [1.165, 1.54) is 173 Å². The Hall–Kier alpha value is -8.78. The minimum absolute atomic E-state index is 0.494. The van der Waals surface area contributed by atoms with Crippen molar-refractivity contribution in [2.45, 2.75) is 165 Å². The van der Waals surface area contributed by atoms with E-state index in [9.17, 15) is 15.3 Å². The Labute approximate surface area is 591 Å². The summed E-state index contributed by atoms with van der Waals surface area (Å²) in [7, 11) is 0. The fourth-order valence-electron chi connectivity index (χ4n) is 19.1. The molecule has 3 aromatic carbocycles. The monoisotopic (exact) mass is 1350 g/mol. The first-order chi connectivity index (χ1) is 49.5. The smallest absolute Gasteiger partial charge is 0.140 e. The van der Waals surface area contributed by atoms with E-state index in [1.807, 2.05) is 62.8 Å². The van der Waals surface area contributed by atoms with Gasteiger partial charge in [0.15, 0.2) is 0 Å². The Balaban J connectivity index is 0.000000100. The number of para-hydroxylation sites is 3. The van der Waals surface area contributed by atoms with Crippen LogP contribution in [-0.4, -0.2) is 135 Å². The van der Waals surface area contributed by atoms with Crippen LogP contribution in [0.3, 0.4) is 0 Å². The molecule has 17 heterocycles. The van der Waals surface area contributed by atoms with Gasteiger partial charge >= 0.3 is 0 Å². The molecule has 0 amide bonds. The molecule has 8 aliphatic rings. The van der Waals surface area contributed by atoms with Crippen LogP contribution < -0.4 is 0 Å². The molecule has 17 heteroatoms. The zero-order valence-corrected chi connectivity index (χ0v) is 58.5. The van der Waals surface area contributed by atoms with Crippen molar-refractivity contribution in [3.63, 3.8) is 0 Å². The zero-order valence-electron chi connectivity index (χ0n) is 58.5. The van der Waals surface area contributed by atoms with Gasteiger partial charge in [0.05, 0.1) is 37.6 Å². The van der Waals surface area contributed by atoms with Crippen molar-refractivity contribution in [2.24, 2.45) is 0 Å². The highest BCUT2D eigenvalue weighted by Crippen LogP contribution is 2.48. The number of nitrogens with zero attached hydrogens (tertiary/aromatic N) is 14. The SMILES string of the molecule is CC(O)(Cn1c2c(c3ccccc31)C1CCCN1CC2)c1cccnc1.CC(O)(Cn1c2c(c3ccccc31)C1CCCN1CC2)c1cnccn1.OC(Cn1c2c(c3ccccc31)C1CCCN1CC2)c1cccnc1.c1cncc(CCn2c3c(c4cccnc42)C2CCCN2CC3)c1. The first-order valence-electron chi connectivity index (χ1n) is 37.4. The molecule has 7 unspecified atom stereocenters. The molecule has 9 aromatic heterocycles. The maximum Gasteiger partial charge on any atom is 0.140 e. The van der Waals surface area contributed by atoms with Crippen molar-refractivity contribution in [3.05, 3.63) is 251 Å². The first-order valence-corrected chi connectivity index (χ1v) is 37.4. The molecule has 0 bridgehead atoms. The molecule has 4 saturated heterocycles. The van der Waals surface area contributed by atoms with E-state index in [1.54, 1.807) is 48.9 Å². The lowest BCUT2D eigenvalue weighted by atomic mass is 9.95. The summed E-state index contributed by atoms with van der Waals surface area (Å²) in [4.78, 5) is 36.4. The number of aromatic nitrogens is 10. The average Bonchev–Trinajstić information content (AvgIpc) is 1.61. The summed E-state index contributed by atoms with van der Waals surface area (Å²) in [5, 5.41) is 38.6. The summed E-state index contributed by atoms with van der Waals surface area (Å²) < 4.78 is 9.54. The maximum absolute atomic E-state index is 11.2. The van der Waals surface area contributed by atoms with Crippen molar-refractivity contribution in [2.75, 3.05) is 52.4 Å². The lowest BCUT2D eigenvalue weighted by molar-refractivity contribution is 0.0335. The van der Waals surface area contributed by atoms with Gasteiger partial charge in [-0.25, -0.2) is 4.98 Å². The highest BCUT2D eigenvalue weighted by Gasteiger charge is 2.41. The normalized spacial score (nSPS) is 21.5. The number of aryl methyl sites for hydroxylation is 2. The number of fused-ring (bicyclic) bond motifs is 20. The van der Waals surface area contributed by atoms with Crippen LogP contribution in [0.2, 0.25) is 0 Å². The van der Waals surface area contributed by atoms with Crippen molar-refractivity contribution < 1.29 is 15.3 Å². The van der Waals surface area contributed by atoms with Crippen LogP contribution in [0, 0.1) is 0 Å². The standard InChI is InChI=1S/C22H25N3O.C21H24N4O.C21H23N3O.C20H22N4/c1-22(26,16-6-4-11-23-14-16)15-25-18-8-3-2-7-17(18)21-19-9-5-12-24(19)13-10-20(21)25;1-21(26,19-13-22-9-10-23-19)14-25-16-6-3-2-5-15(16)20-17-7-4-11-24(17)12-8-18(20)25;25-20(15-5-3-10-22-13-15)14-24-17-7-2-1-6-16(17)21-18-8-4-11-23(18)12-9-19(21)24;1-4-15(14-21-9-1)7-13-24-18-8-12-23-11-3-6-17(23)19(18)16-5-2-10-22-20(16)24/h2-4,6-8,11,14,19,26H,5,9-10,12-13,15H2,1H3;2-3,5-6,9-10,13,17,26H,4,7-8,11-12,14H2,1H3;1-3,5-7,10,13,18,20,25H,4,8-9,11-12,14H2;1-2,4-5,9-10,14,17H,3,6-8,11-13H2. The van der Waals surface area contributed by atoms with Gasteiger partial charge in [0.2, 0.25) is 0 Å².